The van der Waals surface area contributed by atoms with Crippen molar-refractivity contribution in [3.05, 3.63) is 28.2 Å². The van der Waals surface area contributed by atoms with Crippen LogP contribution in [0.4, 0.5) is 0 Å². The molecule has 0 bridgehead atoms. The first-order chi connectivity index (χ1) is 9.09. The van der Waals surface area contributed by atoms with Gasteiger partial charge in [-0.25, -0.2) is 13.1 Å². The molecule has 0 saturated heterocycles. The van der Waals surface area contributed by atoms with Gasteiger partial charge in [0.1, 0.15) is 0 Å². The maximum atomic E-state index is 12.6. The van der Waals surface area contributed by atoms with Crippen LogP contribution < -0.4 is 10.5 Å². The van der Waals surface area contributed by atoms with E-state index in [0.29, 0.717) is 16.8 Å². The minimum absolute atomic E-state index is 0. The Morgan fingerprint density at radius 2 is 1.95 bits per heavy atom. The van der Waals surface area contributed by atoms with Crippen molar-refractivity contribution in [3.8, 4) is 0 Å². The lowest BCUT2D eigenvalue weighted by Gasteiger charge is -2.31. The Balaban J connectivity index is 0.00000400. The van der Waals surface area contributed by atoms with Gasteiger partial charge >= 0.3 is 0 Å². The molecule has 122 valence electrons. The average molecular weight is 400 g/mol. The van der Waals surface area contributed by atoms with E-state index >= 15 is 0 Å². The van der Waals surface area contributed by atoms with Gasteiger partial charge in [-0.3, -0.25) is 0 Å². The van der Waals surface area contributed by atoms with Crippen LogP contribution in [0.3, 0.4) is 0 Å². The van der Waals surface area contributed by atoms with Gasteiger partial charge in [-0.15, -0.1) is 12.4 Å². The zero-order valence-corrected chi connectivity index (χ0v) is 16.0. The maximum absolute atomic E-state index is 12.6. The average Bonchev–Trinajstić information content (AvgIpc) is 2.30. The molecule has 7 heteroatoms. The SMILES string of the molecule is Cc1ccc(Br)c(S(=O)(=O)NC(C)(CN)CC(C)C)c1.Cl. The van der Waals surface area contributed by atoms with E-state index in [1.54, 1.807) is 12.1 Å². The molecule has 0 saturated carbocycles. The molecule has 4 nitrogen and oxygen atoms in total. The van der Waals surface area contributed by atoms with Crippen molar-refractivity contribution in [2.45, 2.75) is 44.6 Å². The van der Waals surface area contributed by atoms with Gasteiger partial charge < -0.3 is 5.73 Å². The zero-order chi connectivity index (χ0) is 15.6. The van der Waals surface area contributed by atoms with Crippen molar-refractivity contribution < 1.29 is 8.42 Å². The summed E-state index contributed by atoms with van der Waals surface area (Å²) >= 11 is 3.30. The number of hydrogen-bond donors (Lipinski definition) is 2. The van der Waals surface area contributed by atoms with E-state index in [2.05, 4.69) is 20.7 Å². The molecule has 0 aromatic heterocycles. The van der Waals surface area contributed by atoms with E-state index in [-0.39, 0.29) is 23.8 Å². The summed E-state index contributed by atoms with van der Waals surface area (Å²) < 4.78 is 28.4. The standard InChI is InChI=1S/C14H23BrN2O2S.ClH/c1-10(2)8-14(4,9-16)17-20(18,19)13-7-11(3)5-6-12(13)15;/h5-7,10,17H,8-9,16H2,1-4H3;1H. The quantitative estimate of drug-likeness (QED) is 0.771. The lowest BCUT2D eigenvalue weighted by Crippen LogP contribution is -2.52. The number of sulfonamides is 1. The first-order valence-electron chi connectivity index (χ1n) is 6.60. The van der Waals surface area contributed by atoms with Gasteiger partial charge in [-0.1, -0.05) is 19.9 Å². The molecule has 1 rings (SSSR count). The molecule has 0 aliphatic rings. The van der Waals surface area contributed by atoms with E-state index in [9.17, 15) is 8.42 Å². The topological polar surface area (TPSA) is 72.2 Å². The van der Waals surface area contributed by atoms with Crippen LogP contribution >= 0.6 is 28.3 Å². The molecule has 1 atom stereocenters. The number of benzene rings is 1. The molecule has 1 unspecified atom stereocenters. The molecule has 0 heterocycles. The number of nitrogens with one attached hydrogen (secondary N) is 1. The second-order valence-electron chi connectivity index (χ2n) is 5.90. The minimum atomic E-state index is -3.61. The summed E-state index contributed by atoms with van der Waals surface area (Å²) in [6, 6.07) is 5.25. The van der Waals surface area contributed by atoms with Crippen molar-refractivity contribution in [2.24, 2.45) is 11.7 Å². The van der Waals surface area contributed by atoms with Crippen LogP contribution in [0.5, 0.6) is 0 Å². The Morgan fingerprint density at radius 3 is 2.43 bits per heavy atom. The Hall–Kier alpha value is -0.140. The van der Waals surface area contributed by atoms with Crippen molar-refractivity contribution in [3.63, 3.8) is 0 Å². The number of halogens is 2. The van der Waals surface area contributed by atoms with Gasteiger partial charge in [0.15, 0.2) is 0 Å². The maximum Gasteiger partial charge on any atom is 0.242 e. The van der Waals surface area contributed by atoms with E-state index in [4.69, 9.17) is 5.73 Å². The van der Waals surface area contributed by atoms with Crippen LogP contribution in [0.15, 0.2) is 27.6 Å². The summed E-state index contributed by atoms with van der Waals surface area (Å²) in [6.45, 7) is 8.05. The predicted molar refractivity (Wildman–Crippen MR) is 93.4 cm³/mol. The predicted octanol–water partition coefficient (Wildman–Crippen LogP) is 3.22. The molecule has 0 aliphatic heterocycles. The summed E-state index contributed by atoms with van der Waals surface area (Å²) in [5, 5.41) is 0. The number of aryl methyl sites for hydroxylation is 1. The molecular weight excluding hydrogens is 376 g/mol. The Morgan fingerprint density at radius 1 is 1.38 bits per heavy atom. The van der Waals surface area contributed by atoms with Gasteiger partial charge in [-0.2, -0.15) is 0 Å². The second kappa shape index (κ2) is 7.92. The molecule has 0 fully saturated rings. The minimum Gasteiger partial charge on any atom is -0.329 e. The fourth-order valence-corrected chi connectivity index (χ4v) is 4.74. The normalized spacial score (nSPS) is 14.6. The third-order valence-electron chi connectivity index (χ3n) is 3.07. The van der Waals surface area contributed by atoms with Gasteiger partial charge in [-0.05, 0) is 59.8 Å². The fourth-order valence-electron chi connectivity index (χ4n) is 2.26. The first kappa shape index (κ1) is 20.9. The summed E-state index contributed by atoms with van der Waals surface area (Å²) in [5.41, 5.74) is 6.02. The fraction of sp³-hybridized carbons (Fsp3) is 0.571. The van der Waals surface area contributed by atoms with Crippen molar-refractivity contribution in [2.75, 3.05) is 6.54 Å². The monoisotopic (exact) mass is 398 g/mol. The third kappa shape index (κ3) is 5.87. The molecule has 1 aromatic rings. The Bertz CT molecular complexity index is 578. The lowest BCUT2D eigenvalue weighted by atomic mass is 9.92. The van der Waals surface area contributed by atoms with Gasteiger partial charge in [0, 0.05) is 16.6 Å². The van der Waals surface area contributed by atoms with Crippen LogP contribution in [-0.4, -0.2) is 20.5 Å². The molecule has 0 amide bonds. The highest BCUT2D eigenvalue weighted by atomic mass is 79.9. The van der Waals surface area contributed by atoms with E-state index in [0.717, 1.165) is 5.56 Å². The van der Waals surface area contributed by atoms with Gasteiger partial charge in [0.25, 0.3) is 0 Å². The van der Waals surface area contributed by atoms with Crippen molar-refractivity contribution in [1.29, 1.82) is 0 Å². The summed E-state index contributed by atoms with van der Waals surface area (Å²) in [7, 11) is -3.61. The lowest BCUT2D eigenvalue weighted by molar-refractivity contribution is 0.344. The zero-order valence-electron chi connectivity index (χ0n) is 12.8. The van der Waals surface area contributed by atoms with E-state index < -0.39 is 15.6 Å². The molecule has 21 heavy (non-hydrogen) atoms. The molecular formula is C14H24BrClN2O2S. The summed E-state index contributed by atoms with van der Waals surface area (Å²) in [4.78, 5) is 0.251. The van der Waals surface area contributed by atoms with Crippen molar-refractivity contribution >= 4 is 38.4 Å². The highest BCUT2D eigenvalue weighted by molar-refractivity contribution is 9.10. The first-order valence-corrected chi connectivity index (χ1v) is 8.87. The van der Waals surface area contributed by atoms with Crippen LogP contribution in [0.2, 0.25) is 0 Å². The van der Waals surface area contributed by atoms with E-state index in [1.807, 2.05) is 33.8 Å². The molecule has 0 radical (unpaired) electrons. The van der Waals surface area contributed by atoms with Crippen LogP contribution in [0.25, 0.3) is 0 Å². The molecule has 3 N–H and O–H groups in total. The van der Waals surface area contributed by atoms with E-state index in [1.165, 1.54) is 0 Å². The molecule has 1 aromatic carbocycles. The van der Waals surface area contributed by atoms with Crippen LogP contribution in [0.1, 0.15) is 32.8 Å². The largest absolute Gasteiger partial charge is 0.329 e. The second-order valence-corrected chi connectivity index (χ2v) is 8.41. The summed E-state index contributed by atoms with van der Waals surface area (Å²) in [5.74, 6) is 0.354. The van der Waals surface area contributed by atoms with Gasteiger partial charge in [0.05, 0.1) is 4.90 Å². The Kier molecular flexibility index (Phi) is 7.87. The molecule has 0 spiro atoms. The number of rotatable bonds is 6. The number of hydrogen-bond acceptors (Lipinski definition) is 3. The van der Waals surface area contributed by atoms with Crippen LogP contribution in [0, 0.1) is 12.8 Å². The van der Waals surface area contributed by atoms with Crippen LogP contribution in [-0.2, 0) is 10.0 Å². The smallest absolute Gasteiger partial charge is 0.242 e. The Labute approximate surface area is 142 Å². The molecule has 0 aliphatic carbocycles. The highest BCUT2D eigenvalue weighted by Crippen LogP contribution is 2.25. The number of nitrogens with two attached hydrogens (primary N) is 1. The highest BCUT2D eigenvalue weighted by Gasteiger charge is 2.31. The van der Waals surface area contributed by atoms with Gasteiger partial charge in [0.2, 0.25) is 10.0 Å². The third-order valence-corrected chi connectivity index (χ3v) is 5.70. The summed E-state index contributed by atoms with van der Waals surface area (Å²) in [6.07, 6.45) is 0.687. The van der Waals surface area contributed by atoms with Crippen molar-refractivity contribution in [1.82, 2.24) is 4.72 Å².